The van der Waals surface area contributed by atoms with Crippen LogP contribution in [0.4, 0.5) is 16.0 Å². The molecule has 130 valence electrons. The number of nitrogens with zero attached hydrogens (tertiary/aromatic N) is 1. The molecule has 0 spiro atoms. The van der Waals surface area contributed by atoms with Gasteiger partial charge in [0, 0.05) is 17.4 Å². The third-order valence-electron chi connectivity index (χ3n) is 3.57. The van der Waals surface area contributed by atoms with Gasteiger partial charge in [-0.25, -0.2) is 9.37 Å². The smallest absolute Gasteiger partial charge is 0.235 e. The summed E-state index contributed by atoms with van der Waals surface area (Å²) < 4.78 is 12.9. The molecular formula is C18H19BFI2N3. The van der Waals surface area contributed by atoms with Gasteiger partial charge in [-0.15, -0.1) is 0 Å². The van der Waals surface area contributed by atoms with Crippen LogP contribution >= 0.6 is 45.2 Å². The van der Waals surface area contributed by atoms with Crippen molar-refractivity contribution in [2.45, 2.75) is 15.5 Å². The van der Waals surface area contributed by atoms with Crippen molar-refractivity contribution >= 4 is 75.7 Å². The Morgan fingerprint density at radius 2 is 2.08 bits per heavy atom. The highest BCUT2D eigenvalue weighted by atomic mass is 127. The van der Waals surface area contributed by atoms with Crippen molar-refractivity contribution in [2.75, 3.05) is 5.32 Å². The van der Waals surface area contributed by atoms with E-state index in [1.807, 2.05) is 76.5 Å². The van der Waals surface area contributed by atoms with Crippen molar-refractivity contribution in [2.24, 2.45) is 0 Å². The van der Waals surface area contributed by atoms with Crippen LogP contribution in [0.15, 0.2) is 54.8 Å². The van der Waals surface area contributed by atoms with Crippen LogP contribution in [0, 0.1) is 0 Å². The van der Waals surface area contributed by atoms with E-state index in [9.17, 15) is 4.39 Å². The number of rotatable bonds is 6. The third kappa shape index (κ3) is 5.70. The second kappa shape index (κ2) is 9.02. The molecule has 0 aliphatic rings. The lowest BCUT2D eigenvalue weighted by atomic mass is 9.91. The van der Waals surface area contributed by atoms with Gasteiger partial charge in [0.1, 0.15) is 7.85 Å². The van der Waals surface area contributed by atoms with Gasteiger partial charge in [0.2, 0.25) is 7.63 Å². The average Bonchev–Trinajstić information content (AvgIpc) is 3.00. The molecular weight excluding hydrogens is 542 g/mol. The number of nitrogens with one attached hydrogen (secondary N) is 2. The Labute approximate surface area is 176 Å². The fraction of sp³-hybridized carbons (Fsp3) is 0.167. The maximum Gasteiger partial charge on any atom is 0.235 e. The highest BCUT2D eigenvalue weighted by Crippen LogP contribution is 2.40. The molecule has 1 heterocycles. The second-order valence-corrected chi connectivity index (χ2v) is 10.5. The number of alkyl halides is 3. The van der Waals surface area contributed by atoms with Crippen molar-refractivity contribution < 1.29 is 4.39 Å². The molecule has 1 aromatic heterocycles. The Balaban J connectivity index is 2.22. The molecule has 25 heavy (non-hydrogen) atoms. The Morgan fingerprint density at radius 1 is 1.32 bits per heavy atom. The van der Waals surface area contributed by atoms with E-state index in [0.717, 1.165) is 22.4 Å². The molecule has 0 radical (unpaired) electrons. The van der Waals surface area contributed by atoms with Crippen LogP contribution in [0.3, 0.4) is 0 Å². The molecule has 2 aromatic rings. The van der Waals surface area contributed by atoms with E-state index in [1.165, 1.54) is 0 Å². The zero-order valence-corrected chi connectivity index (χ0v) is 18.6. The van der Waals surface area contributed by atoms with Crippen molar-refractivity contribution in [1.29, 1.82) is 0 Å². The molecule has 0 atom stereocenters. The summed E-state index contributed by atoms with van der Waals surface area (Å²) in [6, 6.07) is 5.64. The Kier molecular flexibility index (Phi) is 7.30. The number of H-pyrrole nitrogens is 1. The topological polar surface area (TPSA) is 40.7 Å². The first-order valence-corrected chi connectivity index (χ1v) is 9.97. The molecule has 0 amide bonds. The fourth-order valence-corrected chi connectivity index (χ4v) is 3.44. The van der Waals surface area contributed by atoms with Crippen LogP contribution in [-0.4, -0.2) is 17.8 Å². The molecule has 2 N–H and O–H groups in total. The van der Waals surface area contributed by atoms with E-state index >= 15 is 0 Å². The summed E-state index contributed by atoms with van der Waals surface area (Å²) in [4.78, 5) is 7.68. The van der Waals surface area contributed by atoms with E-state index in [4.69, 9.17) is 0 Å². The fourth-order valence-electron chi connectivity index (χ4n) is 2.28. The molecule has 1 aromatic carbocycles. The van der Waals surface area contributed by atoms with Crippen molar-refractivity contribution in [1.82, 2.24) is 9.97 Å². The Bertz CT molecular complexity index is 820. The number of hydrogen-bond donors (Lipinski definition) is 2. The largest absolute Gasteiger partial charge is 0.330 e. The predicted octanol–water partition coefficient (Wildman–Crippen LogP) is 4.90. The van der Waals surface area contributed by atoms with Gasteiger partial charge < -0.3 is 10.3 Å². The number of allylic oxidation sites excluding steroid dienone is 6. The van der Waals surface area contributed by atoms with Crippen molar-refractivity contribution in [3.63, 3.8) is 0 Å². The maximum atomic E-state index is 14.3. The Morgan fingerprint density at radius 3 is 2.72 bits per heavy atom. The van der Waals surface area contributed by atoms with Crippen LogP contribution in [0.1, 0.15) is 25.1 Å². The van der Waals surface area contributed by atoms with E-state index in [2.05, 4.69) is 15.3 Å². The highest BCUT2D eigenvalue weighted by Gasteiger charge is 2.25. The quantitative estimate of drug-likeness (QED) is 0.228. The lowest BCUT2D eigenvalue weighted by Crippen LogP contribution is -2.17. The van der Waals surface area contributed by atoms with Gasteiger partial charge in [-0.05, 0) is 76.7 Å². The number of imidazole rings is 1. The van der Waals surface area contributed by atoms with E-state index in [1.54, 1.807) is 45.2 Å². The molecule has 2 rings (SSSR count). The normalized spacial score (nSPS) is 13.1. The van der Waals surface area contributed by atoms with Crippen molar-refractivity contribution in [3.8, 4) is 0 Å². The van der Waals surface area contributed by atoms with Gasteiger partial charge in [0.25, 0.3) is 0 Å². The van der Waals surface area contributed by atoms with Crippen LogP contribution in [-0.2, 0) is 1.68 Å². The molecule has 0 saturated carbocycles. The molecule has 0 saturated heterocycles. The number of anilines is 2. The van der Waals surface area contributed by atoms with Gasteiger partial charge in [0.15, 0.2) is 0 Å². The summed E-state index contributed by atoms with van der Waals surface area (Å²) in [6.07, 6.45) is 11.8. The summed E-state index contributed by atoms with van der Waals surface area (Å²) in [5, 5.41) is 3.20. The van der Waals surface area contributed by atoms with E-state index in [-0.39, 0.29) is 0 Å². The zero-order valence-electron chi connectivity index (χ0n) is 14.3. The van der Waals surface area contributed by atoms with Gasteiger partial charge >= 0.3 is 0 Å². The van der Waals surface area contributed by atoms with Crippen LogP contribution in [0.5, 0.6) is 0 Å². The number of aromatic amines is 1. The molecule has 3 nitrogen and oxygen atoms in total. The van der Waals surface area contributed by atoms with Gasteiger partial charge in [-0.2, -0.15) is 0 Å². The minimum atomic E-state index is -1.44. The summed E-state index contributed by atoms with van der Waals surface area (Å²) in [6.45, 7) is 3.95. The molecule has 0 aliphatic carbocycles. The average molecular weight is 561 g/mol. The van der Waals surface area contributed by atoms with Crippen LogP contribution < -0.4 is 10.8 Å². The number of hydrogen-bond acceptors (Lipinski definition) is 2. The van der Waals surface area contributed by atoms with E-state index in [0.29, 0.717) is 11.5 Å². The van der Waals surface area contributed by atoms with Crippen LogP contribution in [0.25, 0.3) is 5.57 Å². The predicted molar refractivity (Wildman–Crippen MR) is 125 cm³/mol. The number of halogens is 3. The van der Waals surface area contributed by atoms with Crippen LogP contribution in [0.2, 0.25) is 0 Å². The van der Waals surface area contributed by atoms with Gasteiger partial charge in [-0.3, -0.25) is 0 Å². The first-order chi connectivity index (χ1) is 11.8. The maximum absolute atomic E-state index is 14.3. The van der Waals surface area contributed by atoms with Gasteiger partial charge in [-0.1, -0.05) is 41.9 Å². The standard InChI is InChI=1S/C18H19BFI2N3/c1-3-5-6-7-12(4-2)16-11-23-17(25-16)24-13-8-9-15(19)14(10-13)18(20,21)22/h3-11H,19H2,1-2H3,(H2,23,24,25)/b5-3-,7-6-,12-4+. The molecule has 0 unspecified atom stereocenters. The molecule has 0 fully saturated rings. The lowest BCUT2D eigenvalue weighted by molar-refractivity contribution is 0.471. The summed E-state index contributed by atoms with van der Waals surface area (Å²) in [5.74, 6) is 0.620. The highest BCUT2D eigenvalue weighted by molar-refractivity contribution is 14.2. The summed E-state index contributed by atoms with van der Waals surface area (Å²) in [7, 11) is 1.91. The second-order valence-electron chi connectivity index (χ2n) is 5.42. The van der Waals surface area contributed by atoms with Crippen molar-refractivity contribution in [3.05, 3.63) is 66.0 Å². The SMILES string of the molecule is Bc1ccc(Nc2nc(C(/C=C\C=C/C)=C/C)c[nH]2)cc1C(F)(I)I. The molecule has 7 heteroatoms. The van der Waals surface area contributed by atoms with E-state index < -0.39 is 1.68 Å². The van der Waals surface area contributed by atoms with Gasteiger partial charge in [0.05, 0.1) is 5.69 Å². The molecule has 0 bridgehead atoms. The number of aromatic nitrogens is 2. The summed E-state index contributed by atoms with van der Waals surface area (Å²) >= 11 is 3.60. The third-order valence-corrected chi connectivity index (χ3v) is 4.73. The lowest BCUT2D eigenvalue weighted by Gasteiger charge is -2.16. The minimum Gasteiger partial charge on any atom is -0.330 e. The number of benzene rings is 1. The molecule has 0 aliphatic heterocycles. The first kappa shape index (κ1) is 20.2. The minimum absolute atomic E-state index is 0.620. The monoisotopic (exact) mass is 561 g/mol. The Hall–Kier alpha value is -1.10. The summed E-state index contributed by atoms with van der Waals surface area (Å²) in [5.41, 5.74) is 4.23. The zero-order chi connectivity index (χ0) is 18.4. The first-order valence-electron chi connectivity index (χ1n) is 7.81.